The molecule has 21 heavy (non-hydrogen) atoms. The van der Waals surface area contributed by atoms with Gasteiger partial charge in [-0.25, -0.2) is 10.8 Å². The van der Waals surface area contributed by atoms with Crippen molar-refractivity contribution in [3.05, 3.63) is 12.7 Å². The minimum atomic E-state index is 0.283. The van der Waals surface area contributed by atoms with Gasteiger partial charge in [-0.1, -0.05) is 0 Å². The molecule has 0 atom stereocenters. The summed E-state index contributed by atoms with van der Waals surface area (Å²) in [5, 5.41) is 7.34. The molecule has 2 aromatic heterocycles. The molecule has 0 bridgehead atoms. The van der Waals surface area contributed by atoms with E-state index in [-0.39, 0.29) is 5.95 Å². The molecule has 0 amide bonds. The molecular formula is C11H18N10. The highest BCUT2D eigenvalue weighted by atomic mass is 15.4. The largest absolute Gasteiger partial charge is 0.351 e. The molecule has 0 aromatic carbocycles. The van der Waals surface area contributed by atoms with Crippen LogP contribution in [-0.4, -0.2) is 60.8 Å². The molecule has 112 valence electrons. The third-order valence-electron chi connectivity index (χ3n) is 3.43. The van der Waals surface area contributed by atoms with E-state index in [0.717, 1.165) is 25.9 Å². The first-order valence-electron chi connectivity index (χ1n) is 6.77. The molecule has 3 heterocycles. The summed E-state index contributed by atoms with van der Waals surface area (Å²) in [6.07, 6.45) is 5.04. The van der Waals surface area contributed by atoms with Gasteiger partial charge in [0.15, 0.2) is 0 Å². The second kappa shape index (κ2) is 5.97. The van der Waals surface area contributed by atoms with Crippen molar-refractivity contribution in [1.29, 1.82) is 0 Å². The smallest absolute Gasteiger partial charge is 0.258 e. The third-order valence-corrected chi connectivity index (χ3v) is 3.43. The Balaban J connectivity index is 1.79. The van der Waals surface area contributed by atoms with Crippen molar-refractivity contribution in [1.82, 2.24) is 34.6 Å². The van der Waals surface area contributed by atoms with Crippen molar-refractivity contribution in [2.45, 2.75) is 18.9 Å². The molecule has 1 saturated heterocycles. The molecule has 1 aliphatic rings. The fraction of sp³-hybridized carbons (Fsp3) is 0.545. The molecule has 0 aliphatic carbocycles. The van der Waals surface area contributed by atoms with Gasteiger partial charge in [-0.15, -0.1) is 0 Å². The number of hydrogen-bond acceptors (Lipinski definition) is 9. The predicted molar refractivity (Wildman–Crippen MR) is 76.7 cm³/mol. The number of nitrogens with zero attached hydrogens (tertiary/aromatic N) is 7. The Kier molecular flexibility index (Phi) is 3.88. The first-order chi connectivity index (χ1) is 10.2. The van der Waals surface area contributed by atoms with Gasteiger partial charge in [0.05, 0.1) is 0 Å². The molecule has 3 rings (SSSR count). The zero-order valence-corrected chi connectivity index (χ0v) is 11.8. The van der Waals surface area contributed by atoms with Crippen LogP contribution in [0.2, 0.25) is 0 Å². The zero-order valence-electron chi connectivity index (χ0n) is 11.8. The monoisotopic (exact) mass is 290 g/mol. The number of hydrogen-bond donors (Lipinski definition) is 3. The summed E-state index contributed by atoms with van der Waals surface area (Å²) in [5.74, 6) is 6.54. The molecule has 10 heteroatoms. The van der Waals surface area contributed by atoms with Crippen LogP contribution < -0.4 is 16.6 Å². The van der Waals surface area contributed by atoms with Crippen LogP contribution in [-0.2, 0) is 0 Å². The minimum absolute atomic E-state index is 0.283. The molecule has 0 unspecified atom stereocenters. The van der Waals surface area contributed by atoms with Gasteiger partial charge in [0.2, 0.25) is 11.9 Å². The number of hydrazine groups is 1. The molecule has 0 radical (unpaired) electrons. The number of nitrogens with one attached hydrogen (secondary N) is 2. The predicted octanol–water partition coefficient (Wildman–Crippen LogP) is -0.756. The lowest BCUT2D eigenvalue weighted by atomic mass is 10.1. The van der Waals surface area contributed by atoms with Crippen LogP contribution in [0.4, 0.5) is 11.9 Å². The Morgan fingerprint density at radius 3 is 2.62 bits per heavy atom. The lowest BCUT2D eigenvalue weighted by Crippen LogP contribution is -2.37. The van der Waals surface area contributed by atoms with Gasteiger partial charge in [0.1, 0.15) is 12.7 Å². The number of aromatic nitrogens is 6. The van der Waals surface area contributed by atoms with Gasteiger partial charge in [-0.2, -0.15) is 24.7 Å². The van der Waals surface area contributed by atoms with Gasteiger partial charge in [0.25, 0.3) is 5.95 Å². The SMILES string of the molecule is CN1CCC(Nc2nc(NN)nc(-n3cncn3)n2)CC1. The fourth-order valence-corrected chi connectivity index (χ4v) is 2.24. The molecule has 1 fully saturated rings. The van der Waals surface area contributed by atoms with E-state index in [1.165, 1.54) is 17.3 Å². The van der Waals surface area contributed by atoms with E-state index in [2.05, 4.69) is 47.7 Å². The van der Waals surface area contributed by atoms with Crippen molar-refractivity contribution >= 4 is 11.9 Å². The van der Waals surface area contributed by atoms with Crippen molar-refractivity contribution in [2.75, 3.05) is 30.9 Å². The molecule has 2 aromatic rings. The molecule has 0 saturated carbocycles. The number of nitrogens with two attached hydrogens (primary N) is 1. The Bertz CT molecular complexity index is 575. The Morgan fingerprint density at radius 1 is 1.19 bits per heavy atom. The van der Waals surface area contributed by atoms with E-state index in [4.69, 9.17) is 5.84 Å². The van der Waals surface area contributed by atoms with Crippen LogP contribution >= 0.6 is 0 Å². The van der Waals surface area contributed by atoms with Crippen molar-refractivity contribution < 1.29 is 0 Å². The third kappa shape index (κ3) is 3.23. The second-order valence-corrected chi connectivity index (χ2v) is 4.99. The number of rotatable bonds is 4. The number of piperidine rings is 1. The van der Waals surface area contributed by atoms with E-state index >= 15 is 0 Å². The summed E-state index contributed by atoms with van der Waals surface area (Å²) in [5.41, 5.74) is 2.44. The van der Waals surface area contributed by atoms with Gasteiger partial charge in [-0.3, -0.25) is 5.43 Å². The lowest BCUT2D eigenvalue weighted by molar-refractivity contribution is 0.263. The molecular weight excluding hydrogens is 272 g/mol. The highest BCUT2D eigenvalue weighted by Crippen LogP contribution is 2.14. The number of anilines is 2. The number of likely N-dealkylation sites (tertiary alicyclic amines) is 1. The van der Waals surface area contributed by atoms with Crippen LogP contribution in [0.5, 0.6) is 0 Å². The van der Waals surface area contributed by atoms with Crippen molar-refractivity contribution in [2.24, 2.45) is 5.84 Å². The van der Waals surface area contributed by atoms with Crippen LogP contribution in [0.25, 0.3) is 5.95 Å². The summed E-state index contributed by atoms with van der Waals surface area (Å²) in [6, 6.07) is 0.345. The average Bonchev–Trinajstić information content (AvgIpc) is 3.04. The van der Waals surface area contributed by atoms with Crippen LogP contribution in [0.1, 0.15) is 12.8 Å². The van der Waals surface area contributed by atoms with Crippen molar-refractivity contribution in [3.63, 3.8) is 0 Å². The Morgan fingerprint density at radius 2 is 1.95 bits per heavy atom. The van der Waals surface area contributed by atoms with Crippen LogP contribution in [0.15, 0.2) is 12.7 Å². The summed E-state index contributed by atoms with van der Waals surface area (Å²) in [6.45, 7) is 2.11. The van der Waals surface area contributed by atoms with E-state index in [1.54, 1.807) is 0 Å². The van der Waals surface area contributed by atoms with Gasteiger partial charge in [0, 0.05) is 6.04 Å². The first kappa shape index (κ1) is 13.6. The molecule has 1 aliphatic heterocycles. The van der Waals surface area contributed by atoms with E-state index < -0.39 is 0 Å². The number of nitrogen functional groups attached to an aromatic ring is 1. The van der Waals surface area contributed by atoms with Gasteiger partial charge >= 0.3 is 0 Å². The summed E-state index contributed by atoms with van der Waals surface area (Å²) in [7, 11) is 2.12. The lowest BCUT2D eigenvalue weighted by Gasteiger charge is -2.29. The highest BCUT2D eigenvalue weighted by molar-refractivity contribution is 5.37. The van der Waals surface area contributed by atoms with Crippen LogP contribution in [0, 0.1) is 0 Å². The zero-order chi connectivity index (χ0) is 14.7. The topological polar surface area (TPSA) is 123 Å². The maximum Gasteiger partial charge on any atom is 0.258 e. The Labute approximate surface area is 121 Å². The average molecular weight is 290 g/mol. The highest BCUT2D eigenvalue weighted by Gasteiger charge is 2.18. The standard InChI is InChI=1S/C11H18N10/c1-20-4-2-8(3-5-20)15-9-16-10(19-12)18-11(17-9)21-7-13-6-14-21/h6-8H,2-5,12H2,1H3,(H2,15,16,17,18,19). The quantitative estimate of drug-likeness (QED) is 0.492. The molecule has 0 spiro atoms. The van der Waals surface area contributed by atoms with Gasteiger partial charge < -0.3 is 10.2 Å². The summed E-state index contributed by atoms with van der Waals surface area (Å²) in [4.78, 5) is 18.9. The normalized spacial score (nSPS) is 16.9. The van der Waals surface area contributed by atoms with Crippen molar-refractivity contribution in [3.8, 4) is 5.95 Å². The van der Waals surface area contributed by atoms with E-state index in [9.17, 15) is 0 Å². The Hall–Kier alpha value is -2.33. The molecule has 10 nitrogen and oxygen atoms in total. The van der Waals surface area contributed by atoms with Gasteiger partial charge in [-0.05, 0) is 33.0 Å². The summed E-state index contributed by atoms with van der Waals surface area (Å²) >= 11 is 0. The maximum absolute atomic E-state index is 5.41. The van der Waals surface area contributed by atoms with Crippen LogP contribution in [0.3, 0.4) is 0 Å². The first-order valence-corrected chi connectivity index (χ1v) is 6.77. The van der Waals surface area contributed by atoms with E-state index in [1.807, 2.05) is 0 Å². The minimum Gasteiger partial charge on any atom is -0.351 e. The van der Waals surface area contributed by atoms with E-state index in [0.29, 0.717) is 17.9 Å². The second-order valence-electron chi connectivity index (χ2n) is 4.99. The maximum atomic E-state index is 5.41. The molecule has 4 N–H and O–H groups in total. The summed E-state index contributed by atoms with van der Waals surface area (Å²) < 4.78 is 1.46. The fourth-order valence-electron chi connectivity index (χ4n) is 2.24.